The molecule has 0 radical (unpaired) electrons. The third kappa shape index (κ3) is 3.51. The average Bonchev–Trinajstić information content (AvgIpc) is 2.66. The van der Waals surface area contributed by atoms with E-state index in [4.69, 9.17) is 11.6 Å². The summed E-state index contributed by atoms with van der Waals surface area (Å²) in [7, 11) is 0. The zero-order chi connectivity index (χ0) is 11.8. The molecule has 0 aliphatic rings. The maximum atomic E-state index is 5.78. The first-order valence-corrected chi connectivity index (χ1v) is 5.62. The molecule has 0 saturated heterocycles. The van der Waals surface area contributed by atoms with Gasteiger partial charge in [-0.05, 0) is 19.1 Å². The minimum Gasteiger partial charge on any atom is -0.234 e. The quantitative estimate of drug-likeness (QED) is 0.686. The summed E-state index contributed by atoms with van der Waals surface area (Å²) in [6.45, 7) is 9.91. The Morgan fingerprint density at radius 2 is 1.73 bits per heavy atom. The van der Waals surface area contributed by atoms with Crippen LogP contribution in [0, 0.1) is 6.92 Å². The highest BCUT2D eigenvalue weighted by atomic mass is 35.5. The van der Waals surface area contributed by atoms with Gasteiger partial charge < -0.3 is 0 Å². The Morgan fingerprint density at radius 3 is 2.33 bits per heavy atom. The molecule has 4 heteroatoms. The molecular weight excluding hydrogens is 210 g/mol. The lowest BCUT2D eigenvalue weighted by molar-refractivity contribution is 0.901. The number of hydrogen-bond acceptors (Lipinski definition) is 2. The van der Waals surface area contributed by atoms with Crippen LogP contribution in [-0.2, 0) is 0 Å². The fourth-order valence-electron chi connectivity index (χ4n) is 0.937. The Balaban J connectivity index is 0.000000442. The molecule has 0 amide bonds. The van der Waals surface area contributed by atoms with Crippen LogP contribution in [0.2, 0.25) is 5.15 Å². The lowest BCUT2D eigenvalue weighted by Crippen LogP contribution is -1.92. The summed E-state index contributed by atoms with van der Waals surface area (Å²) in [6, 6.07) is 3.78. The van der Waals surface area contributed by atoms with Gasteiger partial charge in [0, 0.05) is 0 Å². The molecular formula is C11H18ClN3. The highest BCUT2D eigenvalue weighted by molar-refractivity contribution is 6.29. The molecule has 3 nitrogen and oxygen atoms in total. The van der Waals surface area contributed by atoms with E-state index in [-0.39, 0.29) is 0 Å². The van der Waals surface area contributed by atoms with Crippen molar-refractivity contribution in [3.63, 3.8) is 0 Å². The van der Waals surface area contributed by atoms with Gasteiger partial charge in [-0.2, -0.15) is 5.10 Å². The number of aromatic nitrogens is 3. The number of hydrogen-bond donors (Lipinski definition) is 0. The summed E-state index contributed by atoms with van der Waals surface area (Å²) in [5.74, 6) is 0. The Morgan fingerprint density at radius 1 is 1.13 bits per heavy atom. The first-order chi connectivity index (χ1) is 7.27. The average molecular weight is 228 g/mol. The number of nitrogens with zero attached hydrogens (tertiary/aromatic N) is 3. The van der Waals surface area contributed by atoms with Gasteiger partial charge in [0.15, 0.2) is 10.8 Å². The molecule has 0 N–H and O–H groups in total. The highest BCUT2D eigenvalue weighted by Crippen LogP contribution is 2.09. The molecule has 0 aliphatic heterocycles. The Bertz CT molecular complexity index is 396. The van der Waals surface area contributed by atoms with E-state index in [1.165, 1.54) is 0 Å². The van der Waals surface area contributed by atoms with Crippen molar-refractivity contribution >= 4 is 17.2 Å². The zero-order valence-corrected chi connectivity index (χ0v) is 10.7. The van der Waals surface area contributed by atoms with Crippen molar-refractivity contribution in [2.45, 2.75) is 34.6 Å². The first-order valence-electron chi connectivity index (χ1n) is 5.24. The van der Waals surface area contributed by atoms with Crippen molar-refractivity contribution in [2.75, 3.05) is 0 Å². The summed E-state index contributed by atoms with van der Waals surface area (Å²) < 4.78 is 1.61. The van der Waals surface area contributed by atoms with Gasteiger partial charge in [0.25, 0.3) is 0 Å². The Labute approximate surface area is 96.1 Å². The predicted molar refractivity (Wildman–Crippen MR) is 65.4 cm³/mol. The molecule has 15 heavy (non-hydrogen) atoms. The van der Waals surface area contributed by atoms with Gasteiger partial charge >= 0.3 is 0 Å². The van der Waals surface area contributed by atoms with Crippen LogP contribution in [0.1, 0.15) is 33.4 Å². The summed E-state index contributed by atoms with van der Waals surface area (Å²) >= 11 is 5.78. The lowest BCUT2D eigenvalue weighted by Gasteiger charge is -1.93. The second-order valence-electron chi connectivity index (χ2n) is 2.33. The molecule has 0 unspecified atom stereocenters. The number of fused-ring (bicyclic) bond motifs is 1. The van der Waals surface area contributed by atoms with Crippen molar-refractivity contribution in [1.82, 2.24) is 14.6 Å². The van der Waals surface area contributed by atoms with E-state index in [0.717, 1.165) is 11.3 Å². The van der Waals surface area contributed by atoms with Crippen LogP contribution in [0.5, 0.6) is 0 Å². The zero-order valence-electron chi connectivity index (χ0n) is 9.95. The molecule has 0 bridgehead atoms. The standard InChI is InChI=1S/C7H6ClN3.2C2H6/c1-5-2-3-7-9-4-6(8)11(7)10-5;2*1-2/h2-4H,1H3;2*1-2H3. The van der Waals surface area contributed by atoms with Crippen molar-refractivity contribution < 1.29 is 0 Å². The van der Waals surface area contributed by atoms with Crippen LogP contribution < -0.4 is 0 Å². The van der Waals surface area contributed by atoms with E-state index in [2.05, 4.69) is 10.1 Å². The van der Waals surface area contributed by atoms with Gasteiger partial charge in [0.05, 0.1) is 11.9 Å². The van der Waals surface area contributed by atoms with Gasteiger partial charge in [-0.25, -0.2) is 9.50 Å². The SMILES string of the molecule is CC.CC.Cc1ccc2ncc(Cl)n2n1. The van der Waals surface area contributed by atoms with Gasteiger partial charge in [-0.1, -0.05) is 39.3 Å². The molecule has 0 atom stereocenters. The fraction of sp³-hybridized carbons (Fsp3) is 0.455. The van der Waals surface area contributed by atoms with Gasteiger partial charge in [0.1, 0.15) is 0 Å². The second-order valence-corrected chi connectivity index (χ2v) is 2.71. The van der Waals surface area contributed by atoms with Crippen LogP contribution in [0.3, 0.4) is 0 Å². The largest absolute Gasteiger partial charge is 0.234 e. The topological polar surface area (TPSA) is 30.2 Å². The van der Waals surface area contributed by atoms with E-state index in [1.807, 2.05) is 46.8 Å². The molecule has 0 aliphatic carbocycles. The monoisotopic (exact) mass is 227 g/mol. The summed E-state index contributed by atoms with van der Waals surface area (Å²) in [5.41, 5.74) is 1.71. The minimum atomic E-state index is 0.545. The molecule has 0 aromatic carbocycles. The minimum absolute atomic E-state index is 0.545. The predicted octanol–water partition coefficient (Wildman–Crippen LogP) is 3.74. The maximum Gasteiger partial charge on any atom is 0.155 e. The molecule has 2 heterocycles. The van der Waals surface area contributed by atoms with Crippen LogP contribution >= 0.6 is 11.6 Å². The molecule has 84 valence electrons. The number of aryl methyl sites for hydroxylation is 1. The van der Waals surface area contributed by atoms with E-state index >= 15 is 0 Å². The number of halogens is 1. The Hall–Kier alpha value is -1.09. The van der Waals surface area contributed by atoms with E-state index in [1.54, 1.807) is 10.7 Å². The van der Waals surface area contributed by atoms with Gasteiger partial charge in [-0.15, -0.1) is 0 Å². The Kier molecular flexibility index (Phi) is 6.71. The molecule has 2 rings (SSSR count). The molecule has 0 fully saturated rings. The smallest absolute Gasteiger partial charge is 0.155 e. The fourth-order valence-corrected chi connectivity index (χ4v) is 1.11. The van der Waals surface area contributed by atoms with Crippen molar-refractivity contribution in [1.29, 1.82) is 0 Å². The van der Waals surface area contributed by atoms with Gasteiger partial charge in [0.2, 0.25) is 0 Å². The van der Waals surface area contributed by atoms with Gasteiger partial charge in [-0.3, -0.25) is 0 Å². The van der Waals surface area contributed by atoms with Crippen molar-refractivity contribution in [3.8, 4) is 0 Å². The summed E-state index contributed by atoms with van der Waals surface area (Å²) in [5, 5.41) is 4.70. The van der Waals surface area contributed by atoms with Crippen LogP contribution in [0.4, 0.5) is 0 Å². The number of rotatable bonds is 0. The normalized spacial score (nSPS) is 8.67. The first kappa shape index (κ1) is 13.9. The third-order valence-electron chi connectivity index (χ3n) is 1.45. The molecule has 0 saturated carbocycles. The van der Waals surface area contributed by atoms with Crippen molar-refractivity contribution in [3.05, 3.63) is 29.2 Å². The van der Waals surface area contributed by atoms with E-state index < -0.39 is 0 Å². The molecule has 0 spiro atoms. The molecule has 2 aromatic rings. The summed E-state index contributed by atoms with van der Waals surface area (Å²) in [6.07, 6.45) is 1.59. The van der Waals surface area contributed by atoms with Crippen LogP contribution in [0.25, 0.3) is 5.65 Å². The third-order valence-corrected chi connectivity index (χ3v) is 1.71. The molecule has 2 aromatic heterocycles. The van der Waals surface area contributed by atoms with Crippen molar-refractivity contribution in [2.24, 2.45) is 0 Å². The van der Waals surface area contributed by atoms with Crippen LogP contribution in [-0.4, -0.2) is 14.6 Å². The highest BCUT2D eigenvalue weighted by Gasteiger charge is 1.99. The van der Waals surface area contributed by atoms with E-state index in [9.17, 15) is 0 Å². The van der Waals surface area contributed by atoms with Crippen LogP contribution in [0.15, 0.2) is 18.3 Å². The lowest BCUT2D eigenvalue weighted by atomic mass is 10.4. The second kappa shape index (κ2) is 7.23. The number of imidazole rings is 1. The summed E-state index contributed by atoms with van der Waals surface area (Å²) in [4.78, 5) is 4.03. The maximum absolute atomic E-state index is 5.78. The van der Waals surface area contributed by atoms with E-state index in [0.29, 0.717) is 5.15 Å².